The molecule has 0 rings (SSSR count). The Morgan fingerprint density at radius 3 is 1.50 bits per heavy atom. The lowest BCUT2D eigenvalue weighted by molar-refractivity contribution is 0.111. The first-order valence-corrected chi connectivity index (χ1v) is 3.59. The predicted octanol–water partition coefficient (Wildman–Crippen LogP) is -0.0247. The van der Waals surface area contributed by atoms with Gasteiger partial charge in [0.15, 0.2) is 0 Å². The number of likely N-dealkylation sites (N-methyl/N-ethyl adjacent to an activating group) is 1. The Hall–Kier alpha value is -0.120. The molecule has 0 saturated carbocycles. The monoisotopic (exact) mass is 149 g/mol. The minimum absolute atomic E-state index is 0.0417. The van der Waals surface area contributed by atoms with Crippen molar-refractivity contribution in [1.29, 1.82) is 0 Å². The second-order valence-electron chi connectivity index (χ2n) is 2.13. The first-order chi connectivity index (χ1) is 4.68. The number of aliphatic hydroxyl groups is 2. The molecule has 0 amide bonds. The molecule has 3 N–H and O–H groups in total. The third kappa shape index (κ3) is 4.73. The van der Waals surface area contributed by atoms with E-state index in [-0.39, 0.29) is 13.2 Å². The van der Waals surface area contributed by atoms with Gasteiger partial charge in [0.25, 0.3) is 0 Å². The summed E-state index contributed by atoms with van der Waals surface area (Å²) in [5, 5.41) is 19.9. The standard InChI is InChI=1S/C5H13NO2.C2H6/c1-5(3-7,4-8)6-2;1-2/h6-8H,3-4H2,1-2H3;1-2H3. The molecule has 0 aliphatic rings. The van der Waals surface area contributed by atoms with Crippen LogP contribution in [0.1, 0.15) is 20.8 Å². The van der Waals surface area contributed by atoms with E-state index >= 15 is 0 Å². The summed E-state index contributed by atoms with van der Waals surface area (Å²) in [6.07, 6.45) is 0. The molecule has 0 fully saturated rings. The Morgan fingerprint density at radius 1 is 1.20 bits per heavy atom. The molecular weight excluding hydrogens is 130 g/mol. The van der Waals surface area contributed by atoms with Gasteiger partial charge in [-0.25, -0.2) is 0 Å². The fourth-order valence-corrected chi connectivity index (χ4v) is 0.208. The maximum Gasteiger partial charge on any atom is 0.0633 e. The lowest BCUT2D eigenvalue weighted by Crippen LogP contribution is -2.46. The Labute approximate surface area is 63.1 Å². The maximum atomic E-state index is 8.56. The van der Waals surface area contributed by atoms with Crippen LogP contribution >= 0.6 is 0 Å². The first kappa shape index (κ1) is 12.5. The van der Waals surface area contributed by atoms with Gasteiger partial charge < -0.3 is 15.5 Å². The van der Waals surface area contributed by atoms with Gasteiger partial charge >= 0.3 is 0 Å². The van der Waals surface area contributed by atoms with Gasteiger partial charge in [0.05, 0.1) is 18.8 Å². The molecular formula is C7H19NO2. The minimum atomic E-state index is -0.514. The Balaban J connectivity index is 0. The lowest BCUT2D eigenvalue weighted by atomic mass is 10.1. The van der Waals surface area contributed by atoms with Crippen molar-refractivity contribution < 1.29 is 10.2 Å². The Kier molecular flexibility index (Phi) is 8.77. The SMILES string of the molecule is CC.CNC(C)(CO)CO. The first-order valence-electron chi connectivity index (χ1n) is 3.59. The quantitative estimate of drug-likeness (QED) is 0.528. The summed E-state index contributed by atoms with van der Waals surface area (Å²) < 4.78 is 0. The van der Waals surface area contributed by atoms with Crippen LogP contribution in [0.25, 0.3) is 0 Å². The molecule has 0 aromatic heterocycles. The van der Waals surface area contributed by atoms with Crippen LogP contribution < -0.4 is 5.32 Å². The predicted molar refractivity (Wildman–Crippen MR) is 43.0 cm³/mol. The Bertz CT molecular complexity index is 54.4. The van der Waals surface area contributed by atoms with Crippen molar-refractivity contribution in [2.24, 2.45) is 0 Å². The van der Waals surface area contributed by atoms with Crippen LogP contribution in [0.2, 0.25) is 0 Å². The second-order valence-corrected chi connectivity index (χ2v) is 2.13. The highest BCUT2D eigenvalue weighted by Gasteiger charge is 2.17. The van der Waals surface area contributed by atoms with Gasteiger partial charge in [-0.05, 0) is 14.0 Å². The molecule has 0 heterocycles. The van der Waals surface area contributed by atoms with Crippen molar-refractivity contribution in [2.45, 2.75) is 26.3 Å². The van der Waals surface area contributed by atoms with Crippen LogP contribution in [0.3, 0.4) is 0 Å². The molecule has 0 aliphatic heterocycles. The third-order valence-corrected chi connectivity index (χ3v) is 1.30. The van der Waals surface area contributed by atoms with E-state index in [0.717, 1.165) is 0 Å². The number of hydrogen-bond donors (Lipinski definition) is 3. The van der Waals surface area contributed by atoms with Gasteiger partial charge in [-0.1, -0.05) is 13.8 Å². The van der Waals surface area contributed by atoms with Gasteiger partial charge in [-0.2, -0.15) is 0 Å². The highest BCUT2D eigenvalue weighted by Crippen LogP contribution is 1.96. The van der Waals surface area contributed by atoms with Gasteiger partial charge in [-0.15, -0.1) is 0 Å². The van der Waals surface area contributed by atoms with Crippen LogP contribution in [0, 0.1) is 0 Å². The number of hydrogen-bond acceptors (Lipinski definition) is 3. The fourth-order valence-electron chi connectivity index (χ4n) is 0.208. The van der Waals surface area contributed by atoms with E-state index < -0.39 is 5.54 Å². The second kappa shape index (κ2) is 6.99. The van der Waals surface area contributed by atoms with Crippen LogP contribution in [0.4, 0.5) is 0 Å². The van der Waals surface area contributed by atoms with Crippen molar-refractivity contribution in [2.75, 3.05) is 20.3 Å². The van der Waals surface area contributed by atoms with Crippen LogP contribution in [-0.2, 0) is 0 Å². The van der Waals surface area contributed by atoms with E-state index in [2.05, 4.69) is 5.32 Å². The molecule has 64 valence electrons. The summed E-state index contributed by atoms with van der Waals surface area (Å²) in [5.41, 5.74) is -0.514. The minimum Gasteiger partial charge on any atom is -0.394 e. The van der Waals surface area contributed by atoms with Crippen molar-refractivity contribution in [3.63, 3.8) is 0 Å². The molecule has 0 bridgehead atoms. The number of nitrogens with one attached hydrogen (secondary N) is 1. The van der Waals surface area contributed by atoms with E-state index in [1.165, 1.54) is 0 Å². The third-order valence-electron chi connectivity index (χ3n) is 1.30. The molecule has 3 heteroatoms. The average molecular weight is 149 g/mol. The van der Waals surface area contributed by atoms with Crippen LogP contribution in [0.15, 0.2) is 0 Å². The zero-order chi connectivity index (χ0) is 8.62. The van der Waals surface area contributed by atoms with E-state index in [1.807, 2.05) is 13.8 Å². The van der Waals surface area contributed by atoms with Crippen molar-refractivity contribution in [3.8, 4) is 0 Å². The molecule has 0 atom stereocenters. The summed E-state index contributed by atoms with van der Waals surface area (Å²) in [6.45, 7) is 5.66. The molecule has 0 spiro atoms. The van der Waals surface area contributed by atoms with Crippen molar-refractivity contribution in [3.05, 3.63) is 0 Å². The number of aliphatic hydroxyl groups excluding tert-OH is 2. The zero-order valence-corrected chi connectivity index (χ0v) is 7.31. The molecule has 0 radical (unpaired) electrons. The van der Waals surface area contributed by atoms with Gasteiger partial charge in [0, 0.05) is 0 Å². The van der Waals surface area contributed by atoms with Crippen molar-refractivity contribution >= 4 is 0 Å². The molecule has 0 aromatic rings. The summed E-state index contributed by atoms with van der Waals surface area (Å²) in [4.78, 5) is 0. The zero-order valence-electron chi connectivity index (χ0n) is 7.31. The molecule has 0 saturated heterocycles. The maximum absolute atomic E-state index is 8.56. The fraction of sp³-hybridized carbons (Fsp3) is 1.00. The summed E-state index contributed by atoms with van der Waals surface area (Å²) in [7, 11) is 1.70. The summed E-state index contributed by atoms with van der Waals surface area (Å²) in [5.74, 6) is 0. The highest BCUT2D eigenvalue weighted by molar-refractivity contribution is 4.78. The molecule has 0 aliphatic carbocycles. The molecule has 0 unspecified atom stereocenters. The van der Waals surface area contributed by atoms with E-state index in [9.17, 15) is 0 Å². The highest BCUT2D eigenvalue weighted by atomic mass is 16.3. The van der Waals surface area contributed by atoms with Gasteiger partial charge in [-0.3, -0.25) is 0 Å². The largest absolute Gasteiger partial charge is 0.394 e. The van der Waals surface area contributed by atoms with Crippen LogP contribution in [0.5, 0.6) is 0 Å². The normalized spacial score (nSPS) is 10.2. The smallest absolute Gasteiger partial charge is 0.0633 e. The van der Waals surface area contributed by atoms with E-state index in [4.69, 9.17) is 10.2 Å². The summed E-state index contributed by atoms with van der Waals surface area (Å²) >= 11 is 0. The van der Waals surface area contributed by atoms with Crippen LogP contribution in [-0.4, -0.2) is 36.0 Å². The summed E-state index contributed by atoms with van der Waals surface area (Å²) in [6, 6.07) is 0. The van der Waals surface area contributed by atoms with E-state index in [1.54, 1.807) is 14.0 Å². The number of rotatable bonds is 3. The topological polar surface area (TPSA) is 52.5 Å². The molecule has 10 heavy (non-hydrogen) atoms. The van der Waals surface area contributed by atoms with E-state index in [0.29, 0.717) is 0 Å². The van der Waals surface area contributed by atoms with Gasteiger partial charge in [0.2, 0.25) is 0 Å². The molecule has 3 nitrogen and oxygen atoms in total. The lowest BCUT2D eigenvalue weighted by Gasteiger charge is -2.23. The Morgan fingerprint density at radius 2 is 1.50 bits per heavy atom. The average Bonchev–Trinajstić information content (AvgIpc) is 2.07. The van der Waals surface area contributed by atoms with Crippen molar-refractivity contribution in [1.82, 2.24) is 5.32 Å². The molecule has 0 aromatic carbocycles. The van der Waals surface area contributed by atoms with Gasteiger partial charge in [0.1, 0.15) is 0 Å².